The second-order valence-electron chi connectivity index (χ2n) is 6.91. The molecule has 1 fully saturated rings. The average molecular weight is 462 g/mol. The van der Waals surface area contributed by atoms with Gasteiger partial charge < -0.3 is 4.74 Å². The Kier molecular flexibility index (Phi) is 6.42. The molecule has 31 heavy (non-hydrogen) atoms. The molecule has 0 aliphatic carbocycles. The minimum absolute atomic E-state index is 0.0352. The van der Waals surface area contributed by atoms with Crippen LogP contribution in [-0.4, -0.2) is 49.9 Å². The van der Waals surface area contributed by atoms with Gasteiger partial charge in [-0.2, -0.15) is 4.31 Å². The summed E-state index contributed by atoms with van der Waals surface area (Å²) in [5, 5.41) is 3.05. The van der Waals surface area contributed by atoms with Gasteiger partial charge in [-0.05, 0) is 23.8 Å². The fourth-order valence-corrected chi connectivity index (χ4v) is 5.52. The van der Waals surface area contributed by atoms with Crippen molar-refractivity contribution in [1.82, 2.24) is 9.29 Å². The second kappa shape index (κ2) is 9.23. The predicted octanol–water partition coefficient (Wildman–Crippen LogP) is 3.15. The first kappa shape index (κ1) is 21.6. The highest BCUT2D eigenvalue weighted by Gasteiger charge is 2.29. The molecule has 3 aromatic rings. The van der Waals surface area contributed by atoms with Crippen LogP contribution in [0.1, 0.15) is 20.8 Å². The molecule has 0 spiro atoms. The van der Waals surface area contributed by atoms with Crippen LogP contribution in [0.2, 0.25) is 0 Å². The van der Waals surface area contributed by atoms with E-state index < -0.39 is 26.6 Å². The Balaban J connectivity index is 1.50. The van der Waals surface area contributed by atoms with Crippen LogP contribution in [0, 0.1) is 5.82 Å². The van der Waals surface area contributed by atoms with Crippen LogP contribution in [-0.2, 0) is 21.2 Å². The number of aromatic nitrogens is 1. The summed E-state index contributed by atoms with van der Waals surface area (Å²) in [5.41, 5.74) is 1.16. The molecule has 162 valence electrons. The van der Waals surface area contributed by atoms with E-state index in [-0.39, 0.29) is 31.9 Å². The smallest absolute Gasteiger partial charge is 0.257 e. The maximum Gasteiger partial charge on any atom is 0.257 e. The summed E-state index contributed by atoms with van der Waals surface area (Å²) in [6.45, 7) is 0.774. The lowest BCUT2D eigenvalue weighted by molar-refractivity contribution is 0.0729. The quantitative estimate of drug-likeness (QED) is 0.609. The molecule has 1 saturated heterocycles. The van der Waals surface area contributed by atoms with E-state index in [0.717, 1.165) is 26.9 Å². The van der Waals surface area contributed by atoms with Crippen molar-refractivity contribution >= 4 is 32.4 Å². The van der Waals surface area contributed by atoms with Gasteiger partial charge in [-0.25, -0.2) is 17.8 Å². The number of benzene rings is 2. The van der Waals surface area contributed by atoms with Gasteiger partial charge in [-0.3, -0.25) is 10.1 Å². The van der Waals surface area contributed by atoms with Gasteiger partial charge in [0.15, 0.2) is 5.13 Å². The van der Waals surface area contributed by atoms with E-state index in [2.05, 4.69) is 10.3 Å². The zero-order valence-corrected chi connectivity index (χ0v) is 18.1. The lowest BCUT2D eigenvalue weighted by atomic mass is 10.1. The van der Waals surface area contributed by atoms with E-state index in [1.165, 1.54) is 17.4 Å². The highest BCUT2D eigenvalue weighted by atomic mass is 32.2. The van der Waals surface area contributed by atoms with E-state index in [0.29, 0.717) is 11.6 Å². The number of ether oxygens (including phenoxy) is 1. The number of carbonyl (C=O) groups is 1. The van der Waals surface area contributed by atoms with Crippen LogP contribution in [0.15, 0.2) is 59.6 Å². The zero-order chi connectivity index (χ0) is 21.8. The molecule has 7 nitrogen and oxygen atoms in total. The van der Waals surface area contributed by atoms with Gasteiger partial charge in [-0.1, -0.05) is 30.3 Å². The number of rotatable bonds is 6. The predicted molar refractivity (Wildman–Crippen MR) is 115 cm³/mol. The number of carbonyl (C=O) groups excluding carboxylic acids is 1. The fraction of sp³-hybridized carbons (Fsp3) is 0.238. The summed E-state index contributed by atoms with van der Waals surface area (Å²) in [4.78, 5) is 17.3. The van der Waals surface area contributed by atoms with Gasteiger partial charge in [0.25, 0.3) is 5.91 Å². The minimum atomic E-state index is -4.07. The van der Waals surface area contributed by atoms with Gasteiger partial charge in [0.2, 0.25) is 10.0 Å². The SMILES string of the molecule is O=C(Nc1ncc(Cc2ccccc2)s1)c1ccc(F)c(S(=O)(=O)N2CCOCC2)c1. The molecule has 1 aromatic heterocycles. The monoisotopic (exact) mass is 461 g/mol. The number of hydrogen-bond donors (Lipinski definition) is 1. The van der Waals surface area contributed by atoms with Crippen molar-refractivity contribution in [3.8, 4) is 0 Å². The summed E-state index contributed by atoms with van der Waals surface area (Å²) in [5.74, 6) is -1.46. The normalized spacial score (nSPS) is 15.0. The molecule has 1 amide bonds. The third-order valence-corrected chi connectivity index (χ3v) is 7.60. The van der Waals surface area contributed by atoms with Crippen molar-refractivity contribution in [1.29, 1.82) is 0 Å². The molecule has 0 bridgehead atoms. The van der Waals surface area contributed by atoms with Gasteiger partial charge in [-0.15, -0.1) is 11.3 Å². The van der Waals surface area contributed by atoms with E-state index in [9.17, 15) is 17.6 Å². The maximum absolute atomic E-state index is 14.3. The zero-order valence-electron chi connectivity index (χ0n) is 16.5. The van der Waals surface area contributed by atoms with Crippen molar-refractivity contribution in [2.24, 2.45) is 0 Å². The number of sulfonamides is 1. The molecular formula is C21H20FN3O4S2. The van der Waals surface area contributed by atoms with E-state index >= 15 is 0 Å². The molecule has 2 aromatic carbocycles. The van der Waals surface area contributed by atoms with Crippen LogP contribution in [0.3, 0.4) is 0 Å². The Labute approximate surface area is 183 Å². The minimum Gasteiger partial charge on any atom is -0.379 e. The molecule has 0 radical (unpaired) electrons. The Hall–Kier alpha value is -2.66. The summed E-state index contributed by atoms with van der Waals surface area (Å²) >= 11 is 1.33. The van der Waals surface area contributed by atoms with Crippen LogP contribution in [0.4, 0.5) is 9.52 Å². The number of amides is 1. The first-order valence-corrected chi connectivity index (χ1v) is 11.9. The number of anilines is 1. The third-order valence-electron chi connectivity index (χ3n) is 4.78. The molecule has 1 N–H and O–H groups in total. The topological polar surface area (TPSA) is 88.6 Å². The standard InChI is InChI=1S/C21H20FN3O4S2/c22-18-7-6-16(13-19(18)31(27,28)25-8-10-29-11-9-25)20(26)24-21-23-14-17(30-21)12-15-4-2-1-3-5-15/h1-7,13-14H,8-12H2,(H,23,24,26). The third kappa shape index (κ3) is 4.99. The first-order chi connectivity index (χ1) is 14.9. The first-order valence-electron chi connectivity index (χ1n) is 9.61. The van der Waals surface area contributed by atoms with E-state index in [1.54, 1.807) is 6.20 Å². The highest BCUT2D eigenvalue weighted by molar-refractivity contribution is 7.89. The van der Waals surface area contributed by atoms with E-state index in [4.69, 9.17) is 4.74 Å². The van der Waals surface area contributed by atoms with E-state index in [1.807, 2.05) is 30.3 Å². The Morgan fingerprint density at radius 1 is 1.16 bits per heavy atom. The summed E-state index contributed by atoms with van der Waals surface area (Å²) in [6.07, 6.45) is 2.37. The average Bonchev–Trinajstić information content (AvgIpc) is 3.21. The molecule has 0 unspecified atom stereocenters. The van der Waals surface area contributed by atoms with Crippen LogP contribution in [0.5, 0.6) is 0 Å². The number of nitrogens with one attached hydrogen (secondary N) is 1. The Bertz CT molecular complexity index is 1180. The molecule has 2 heterocycles. The largest absolute Gasteiger partial charge is 0.379 e. The van der Waals surface area contributed by atoms with Gasteiger partial charge in [0, 0.05) is 36.1 Å². The van der Waals surface area contributed by atoms with Crippen LogP contribution in [0.25, 0.3) is 0 Å². The Morgan fingerprint density at radius 3 is 2.65 bits per heavy atom. The van der Waals surface area contributed by atoms with Crippen molar-refractivity contribution in [3.63, 3.8) is 0 Å². The van der Waals surface area contributed by atoms with Gasteiger partial charge >= 0.3 is 0 Å². The maximum atomic E-state index is 14.3. The summed E-state index contributed by atoms with van der Waals surface area (Å²) < 4.78 is 46.3. The molecule has 1 aliphatic heterocycles. The summed E-state index contributed by atoms with van der Waals surface area (Å²) in [7, 11) is -4.07. The van der Waals surface area contributed by atoms with Crippen molar-refractivity contribution in [3.05, 3.63) is 76.5 Å². The molecule has 0 saturated carbocycles. The molecule has 1 aliphatic rings. The Morgan fingerprint density at radius 2 is 1.90 bits per heavy atom. The molecular weight excluding hydrogens is 441 g/mol. The summed E-state index contributed by atoms with van der Waals surface area (Å²) in [6, 6.07) is 13.2. The van der Waals surface area contributed by atoms with Crippen LogP contribution < -0.4 is 5.32 Å². The lowest BCUT2D eigenvalue weighted by Gasteiger charge is -2.26. The number of nitrogens with zero attached hydrogens (tertiary/aromatic N) is 2. The molecule has 0 atom stereocenters. The number of thiazole rings is 1. The second-order valence-corrected chi connectivity index (χ2v) is 9.93. The fourth-order valence-electron chi connectivity index (χ4n) is 3.18. The molecule has 4 rings (SSSR count). The highest BCUT2D eigenvalue weighted by Crippen LogP contribution is 2.24. The van der Waals surface area contributed by atoms with Gasteiger partial charge in [0.05, 0.1) is 13.2 Å². The number of morpholine rings is 1. The number of halogens is 1. The van der Waals surface area contributed by atoms with Gasteiger partial charge in [0.1, 0.15) is 10.7 Å². The van der Waals surface area contributed by atoms with Crippen molar-refractivity contribution in [2.75, 3.05) is 31.6 Å². The van der Waals surface area contributed by atoms with Crippen LogP contribution >= 0.6 is 11.3 Å². The van der Waals surface area contributed by atoms with Crippen molar-refractivity contribution in [2.45, 2.75) is 11.3 Å². The lowest BCUT2D eigenvalue weighted by Crippen LogP contribution is -2.41. The van der Waals surface area contributed by atoms with Crippen molar-refractivity contribution < 1.29 is 22.3 Å². The number of hydrogen-bond acceptors (Lipinski definition) is 6. The molecule has 10 heteroatoms.